The lowest BCUT2D eigenvalue weighted by molar-refractivity contribution is 0.835. The fraction of sp³-hybridized carbons (Fsp3) is 0.467. The van der Waals surface area contributed by atoms with Crippen LogP contribution in [0.5, 0.6) is 0 Å². The molecule has 0 rings (SSSR count). The minimum Gasteiger partial charge on any atom is -0.404 e. The van der Waals surface area contributed by atoms with Crippen LogP contribution in [0.2, 0.25) is 0 Å². The smallest absolute Gasteiger partial charge is 0.0362 e. The van der Waals surface area contributed by atoms with Crippen LogP contribution in [-0.4, -0.2) is 7.05 Å². The number of allylic oxidation sites excluding steroid dienone is 13. The van der Waals surface area contributed by atoms with Crippen molar-refractivity contribution in [2.75, 3.05) is 7.05 Å². The van der Waals surface area contributed by atoms with Crippen molar-refractivity contribution in [3.63, 3.8) is 0 Å². The molecule has 0 amide bonds. The van der Waals surface area contributed by atoms with Gasteiger partial charge in [0.1, 0.15) is 0 Å². The minimum absolute atomic E-state index is 0.648. The highest BCUT2D eigenvalue weighted by atomic mass is 35.5. The van der Waals surface area contributed by atoms with Crippen LogP contribution in [-0.2, 0) is 0 Å². The number of rotatable bonds is 11. The predicted octanol–water partition coefficient (Wildman–Crippen LogP) is 9.54. The summed E-state index contributed by atoms with van der Waals surface area (Å²) < 4.78 is 0. The van der Waals surface area contributed by atoms with Gasteiger partial charge in [-0.1, -0.05) is 100 Å². The molecule has 0 spiro atoms. The van der Waals surface area contributed by atoms with Gasteiger partial charge >= 0.3 is 0 Å². The van der Waals surface area contributed by atoms with Crippen LogP contribution < -0.4 is 11.5 Å². The van der Waals surface area contributed by atoms with Crippen LogP contribution in [0.25, 0.3) is 0 Å². The molecule has 0 unspecified atom stereocenters. The standard InChI is InChI=1S/C12H19Cl.C12H19N.C5H10.CH5N/c1-3-5-6-7-8-9-11-12(13)10-4-2;1-5-7-10(3)8-11(4)12(6-2)9-13;1-4-5(2)3;1-2/h4-6,10-11H,3,7-9H2,1-2H3;5,7-9H,1,6,13H2,2-4H3;4-5H,1H2,2-3H3;2H2,1H3/b6-5-,10-4-,12-11+;10-7-,11-8+,12-9-;;. The average Bonchev–Trinajstić information content (AvgIpc) is 2.79. The molecule has 4 N–H and O–H groups in total. The largest absolute Gasteiger partial charge is 0.404 e. The SMILES string of the molecule is C/C=C\C(Cl)=C/CCC/C=C\CC.C=CC(C)C.C=C\C=C(C)/C=C(C)/C(=C\N)CC.CN. The van der Waals surface area contributed by atoms with E-state index in [0.717, 1.165) is 30.7 Å². The molecule has 0 aromatic carbocycles. The molecule has 0 aromatic heterocycles. The molecule has 3 heteroatoms. The van der Waals surface area contributed by atoms with Gasteiger partial charge in [0.15, 0.2) is 0 Å². The lowest BCUT2D eigenvalue weighted by Gasteiger charge is -2.03. The van der Waals surface area contributed by atoms with E-state index in [4.69, 9.17) is 17.3 Å². The summed E-state index contributed by atoms with van der Waals surface area (Å²) in [7, 11) is 1.50. The Bertz CT molecular complexity index is 630. The van der Waals surface area contributed by atoms with E-state index in [-0.39, 0.29) is 0 Å². The van der Waals surface area contributed by atoms with E-state index in [1.165, 1.54) is 30.2 Å². The van der Waals surface area contributed by atoms with Crippen LogP contribution in [0.1, 0.15) is 80.6 Å². The van der Waals surface area contributed by atoms with Crippen LogP contribution in [0.15, 0.2) is 95.8 Å². The van der Waals surface area contributed by atoms with Gasteiger partial charge in [0.05, 0.1) is 0 Å². The van der Waals surface area contributed by atoms with Crippen molar-refractivity contribution in [3.8, 4) is 0 Å². The average molecular weight is 477 g/mol. The summed E-state index contributed by atoms with van der Waals surface area (Å²) in [5, 5.41) is 0.849. The second kappa shape index (κ2) is 32.2. The van der Waals surface area contributed by atoms with Crippen LogP contribution in [0.4, 0.5) is 0 Å². The molecule has 0 aliphatic rings. The van der Waals surface area contributed by atoms with Crippen molar-refractivity contribution < 1.29 is 0 Å². The molecule has 0 bridgehead atoms. The Morgan fingerprint density at radius 1 is 1.03 bits per heavy atom. The maximum Gasteiger partial charge on any atom is 0.0362 e. The molecule has 190 valence electrons. The van der Waals surface area contributed by atoms with Gasteiger partial charge < -0.3 is 11.5 Å². The zero-order chi connectivity index (χ0) is 26.5. The molecule has 0 saturated carbocycles. The molecule has 0 radical (unpaired) electrons. The van der Waals surface area contributed by atoms with Gasteiger partial charge in [-0.2, -0.15) is 0 Å². The zero-order valence-corrected chi connectivity index (χ0v) is 23.6. The highest BCUT2D eigenvalue weighted by molar-refractivity contribution is 6.31. The normalized spacial score (nSPS) is 12.5. The van der Waals surface area contributed by atoms with Crippen LogP contribution in [0.3, 0.4) is 0 Å². The van der Waals surface area contributed by atoms with E-state index in [2.05, 4.69) is 84.7 Å². The van der Waals surface area contributed by atoms with E-state index in [1.807, 2.05) is 31.2 Å². The summed E-state index contributed by atoms with van der Waals surface area (Å²) in [6.07, 6.45) is 25.4. The van der Waals surface area contributed by atoms with E-state index in [9.17, 15) is 0 Å². The van der Waals surface area contributed by atoms with Gasteiger partial charge in [-0.15, -0.1) is 6.58 Å². The Labute approximate surface area is 212 Å². The molecule has 0 aromatic rings. The van der Waals surface area contributed by atoms with Gasteiger partial charge in [-0.25, -0.2) is 0 Å². The number of hydrogen-bond donors (Lipinski definition) is 2. The molecule has 0 aliphatic heterocycles. The number of hydrogen-bond acceptors (Lipinski definition) is 2. The Balaban J connectivity index is -0.000000199. The lowest BCUT2D eigenvalue weighted by atomic mass is 10.0. The van der Waals surface area contributed by atoms with Crippen molar-refractivity contribution in [1.82, 2.24) is 0 Å². The first kappa shape index (κ1) is 38.2. The summed E-state index contributed by atoms with van der Waals surface area (Å²) in [5.41, 5.74) is 13.6. The Morgan fingerprint density at radius 3 is 2.00 bits per heavy atom. The Morgan fingerprint density at radius 2 is 1.61 bits per heavy atom. The fourth-order valence-electron chi connectivity index (χ4n) is 2.18. The molecule has 0 atom stereocenters. The second-order valence-electron chi connectivity index (χ2n) is 7.40. The third-order valence-electron chi connectivity index (χ3n) is 4.03. The van der Waals surface area contributed by atoms with Crippen LogP contribution in [0, 0.1) is 5.92 Å². The van der Waals surface area contributed by atoms with Crippen molar-refractivity contribution in [2.45, 2.75) is 80.6 Å². The van der Waals surface area contributed by atoms with Crippen LogP contribution >= 0.6 is 11.6 Å². The molecular formula is C30H53ClN2. The fourth-order valence-corrected chi connectivity index (χ4v) is 2.42. The first-order valence-electron chi connectivity index (χ1n) is 12.0. The molecule has 33 heavy (non-hydrogen) atoms. The number of nitrogens with two attached hydrogens (primary N) is 2. The predicted molar refractivity (Wildman–Crippen MR) is 157 cm³/mol. The molecular weight excluding hydrogens is 424 g/mol. The van der Waals surface area contributed by atoms with Gasteiger partial charge in [0.2, 0.25) is 0 Å². The monoisotopic (exact) mass is 476 g/mol. The van der Waals surface area contributed by atoms with Gasteiger partial charge in [-0.05, 0) is 89.3 Å². The molecule has 0 saturated heterocycles. The maximum atomic E-state index is 5.88. The van der Waals surface area contributed by atoms with E-state index < -0.39 is 0 Å². The molecule has 0 fully saturated rings. The van der Waals surface area contributed by atoms with Crippen molar-refractivity contribution >= 4 is 11.6 Å². The minimum atomic E-state index is 0.648. The summed E-state index contributed by atoms with van der Waals surface area (Å²) >= 11 is 5.88. The summed E-state index contributed by atoms with van der Waals surface area (Å²) in [6, 6.07) is 0. The van der Waals surface area contributed by atoms with E-state index in [0.29, 0.717) is 5.92 Å². The van der Waals surface area contributed by atoms with E-state index in [1.54, 1.807) is 12.3 Å². The second-order valence-corrected chi connectivity index (χ2v) is 7.83. The zero-order valence-electron chi connectivity index (χ0n) is 22.8. The third kappa shape index (κ3) is 34.8. The Kier molecular flexibility index (Phi) is 37.3. The van der Waals surface area contributed by atoms with E-state index >= 15 is 0 Å². The molecule has 2 nitrogen and oxygen atoms in total. The summed E-state index contributed by atoms with van der Waals surface area (Å²) in [6.45, 7) is 21.8. The molecule has 0 aliphatic carbocycles. The summed E-state index contributed by atoms with van der Waals surface area (Å²) in [4.78, 5) is 0. The van der Waals surface area contributed by atoms with Crippen molar-refractivity contribution in [3.05, 3.63) is 95.8 Å². The summed E-state index contributed by atoms with van der Waals surface area (Å²) in [5.74, 6) is 0.648. The van der Waals surface area contributed by atoms with Crippen molar-refractivity contribution in [2.24, 2.45) is 17.4 Å². The maximum absolute atomic E-state index is 5.88. The highest BCUT2D eigenvalue weighted by Gasteiger charge is 1.95. The van der Waals surface area contributed by atoms with Gasteiger partial charge in [-0.3, -0.25) is 0 Å². The van der Waals surface area contributed by atoms with Crippen molar-refractivity contribution in [1.29, 1.82) is 0 Å². The molecule has 0 heterocycles. The quantitative estimate of drug-likeness (QED) is 0.177. The number of unbranched alkanes of at least 4 members (excludes halogenated alkanes) is 2. The van der Waals surface area contributed by atoms with Gasteiger partial charge in [0.25, 0.3) is 0 Å². The lowest BCUT2D eigenvalue weighted by Crippen LogP contribution is -1.90. The third-order valence-corrected chi connectivity index (χ3v) is 4.31. The van der Waals surface area contributed by atoms with Gasteiger partial charge in [0, 0.05) is 5.03 Å². The Hall–Kier alpha value is -2.03. The highest BCUT2D eigenvalue weighted by Crippen LogP contribution is 2.14. The first-order valence-corrected chi connectivity index (χ1v) is 12.3. The first-order chi connectivity index (χ1) is 15.7. The topological polar surface area (TPSA) is 52.0 Å². The number of halogens is 1.